The van der Waals surface area contributed by atoms with Crippen LogP contribution in [0.1, 0.15) is 44.9 Å². The fourth-order valence-corrected chi connectivity index (χ4v) is 2.08. The fraction of sp³-hybridized carbons (Fsp3) is 0.818. The summed E-state index contributed by atoms with van der Waals surface area (Å²) in [4.78, 5) is 12.0. The van der Waals surface area contributed by atoms with Crippen LogP contribution in [0.4, 0.5) is 4.79 Å². The van der Waals surface area contributed by atoms with Gasteiger partial charge in [0, 0.05) is 12.6 Å². The first-order valence-electron chi connectivity index (χ1n) is 6.01. The molecule has 92 valence electrons. The maximum atomic E-state index is 11.4. The van der Waals surface area contributed by atoms with Crippen LogP contribution >= 0.6 is 12.2 Å². The predicted octanol–water partition coefficient (Wildman–Crippen LogP) is 1.68. The Morgan fingerprint density at radius 2 is 2.00 bits per heavy atom. The Hall–Kier alpha value is -0.840. The van der Waals surface area contributed by atoms with Gasteiger partial charge in [-0.3, -0.25) is 0 Å². The Labute approximate surface area is 102 Å². The minimum atomic E-state index is -0.0396. The molecule has 0 aromatic rings. The number of hydrogen-bond donors (Lipinski definition) is 3. The summed E-state index contributed by atoms with van der Waals surface area (Å²) < 4.78 is 0. The van der Waals surface area contributed by atoms with Crippen LogP contribution < -0.4 is 16.4 Å². The molecule has 5 heteroatoms. The van der Waals surface area contributed by atoms with Crippen LogP contribution in [0.5, 0.6) is 0 Å². The third kappa shape index (κ3) is 5.90. The van der Waals surface area contributed by atoms with Gasteiger partial charge in [0.25, 0.3) is 0 Å². The van der Waals surface area contributed by atoms with Gasteiger partial charge >= 0.3 is 6.03 Å². The average Bonchev–Trinajstić information content (AvgIpc) is 2.69. The molecule has 1 aliphatic rings. The first kappa shape index (κ1) is 13.2. The number of nitrogens with two attached hydrogens (primary N) is 1. The van der Waals surface area contributed by atoms with Crippen molar-refractivity contribution in [1.29, 1.82) is 0 Å². The van der Waals surface area contributed by atoms with Gasteiger partial charge in [-0.2, -0.15) is 0 Å². The van der Waals surface area contributed by atoms with E-state index in [1.807, 2.05) is 0 Å². The predicted molar refractivity (Wildman–Crippen MR) is 69.4 cm³/mol. The highest BCUT2D eigenvalue weighted by Crippen LogP contribution is 2.17. The zero-order chi connectivity index (χ0) is 11.8. The number of carbonyl (C=O) groups is 1. The molecule has 0 aliphatic heterocycles. The van der Waals surface area contributed by atoms with Crippen molar-refractivity contribution in [1.82, 2.24) is 10.6 Å². The van der Waals surface area contributed by atoms with Crippen LogP contribution in [0, 0.1) is 0 Å². The topological polar surface area (TPSA) is 67.1 Å². The van der Waals surface area contributed by atoms with Gasteiger partial charge in [0.1, 0.15) is 0 Å². The smallest absolute Gasteiger partial charge is 0.315 e. The van der Waals surface area contributed by atoms with Crippen LogP contribution in [-0.4, -0.2) is 23.6 Å². The summed E-state index contributed by atoms with van der Waals surface area (Å²) in [6.07, 6.45) is 7.34. The number of amides is 2. The van der Waals surface area contributed by atoms with Gasteiger partial charge in [0.05, 0.1) is 4.99 Å². The Morgan fingerprint density at radius 1 is 1.31 bits per heavy atom. The second-order valence-corrected chi connectivity index (χ2v) is 4.83. The molecule has 1 fully saturated rings. The van der Waals surface area contributed by atoms with Crippen LogP contribution in [-0.2, 0) is 0 Å². The molecule has 0 aromatic carbocycles. The number of rotatable bonds is 6. The highest BCUT2D eigenvalue weighted by atomic mass is 32.1. The standard InChI is InChI=1S/C11H21N3OS/c12-10(16)7-3-4-8-13-11(15)14-9-5-1-2-6-9/h9H,1-8H2,(H2,12,16)(H2,13,14,15). The number of hydrogen-bond acceptors (Lipinski definition) is 2. The van der Waals surface area contributed by atoms with Gasteiger partial charge in [-0.25, -0.2) is 4.79 Å². The molecule has 0 saturated heterocycles. The van der Waals surface area contributed by atoms with E-state index in [2.05, 4.69) is 10.6 Å². The van der Waals surface area contributed by atoms with Gasteiger partial charge in [0.2, 0.25) is 0 Å². The maximum absolute atomic E-state index is 11.4. The molecule has 0 atom stereocenters. The molecule has 1 aliphatic carbocycles. The van der Waals surface area contributed by atoms with Gasteiger partial charge in [0.15, 0.2) is 0 Å². The largest absolute Gasteiger partial charge is 0.393 e. The number of carbonyl (C=O) groups excluding carboxylic acids is 1. The average molecular weight is 243 g/mol. The van der Waals surface area contributed by atoms with Crippen molar-refractivity contribution in [3.05, 3.63) is 0 Å². The summed E-state index contributed by atoms with van der Waals surface area (Å²) in [7, 11) is 0. The highest BCUT2D eigenvalue weighted by molar-refractivity contribution is 7.80. The van der Waals surface area contributed by atoms with Gasteiger partial charge in [-0.1, -0.05) is 25.1 Å². The van der Waals surface area contributed by atoms with Crippen LogP contribution in [0.15, 0.2) is 0 Å². The highest BCUT2D eigenvalue weighted by Gasteiger charge is 2.16. The lowest BCUT2D eigenvalue weighted by Crippen LogP contribution is -2.41. The second-order valence-electron chi connectivity index (χ2n) is 4.31. The Bertz CT molecular complexity index is 239. The Morgan fingerprint density at radius 3 is 2.62 bits per heavy atom. The minimum absolute atomic E-state index is 0.0396. The maximum Gasteiger partial charge on any atom is 0.315 e. The van der Waals surface area contributed by atoms with Crippen LogP contribution in [0.2, 0.25) is 0 Å². The SMILES string of the molecule is NC(=S)CCCCNC(=O)NC1CCCC1. The van der Waals surface area contributed by atoms with E-state index in [0.29, 0.717) is 17.6 Å². The van der Waals surface area contributed by atoms with Gasteiger partial charge < -0.3 is 16.4 Å². The van der Waals surface area contributed by atoms with Crippen molar-refractivity contribution >= 4 is 23.2 Å². The molecule has 0 radical (unpaired) electrons. The molecule has 0 unspecified atom stereocenters. The first-order chi connectivity index (χ1) is 7.68. The summed E-state index contributed by atoms with van der Waals surface area (Å²) in [6, 6.07) is 0.346. The van der Waals surface area contributed by atoms with Crippen molar-refractivity contribution in [2.45, 2.75) is 51.0 Å². The monoisotopic (exact) mass is 243 g/mol. The molecule has 4 nitrogen and oxygen atoms in total. The third-order valence-electron chi connectivity index (χ3n) is 2.83. The molecule has 0 bridgehead atoms. The quantitative estimate of drug-likeness (QED) is 0.491. The number of unbranched alkanes of at least 4 members (excludes halogenated alkanes) is 1. The van der Waals surface area contributed by atoms with E-state index in [9.17, 15) is 4.79 Å². The Balaban J connectivity index is 1.95. The van der Waals surface area contributed by atoms with E-state index < -0.39 is 0 Å². The van der Waals surface area contributed by atoms with Crippen molar-refractivity contribution in [2.75, 3.05) is 6.54 Å². The zero-order valence-corrected chi connectivity index (χ0v) is 10.4. The lowest BCUT2D eigenvalue weighted by molar-refractivity contribution is 0.237. The normalized spacial score (nSPS) is 16.0. The van der Waals surface area contributed by atoms with E-state index in [1.165, 1.54) is 12.8 Å². The van der Waals surface area contributed by atoms with Crippen molar-refractivity contribution < 1.29 is 4.79 Å². The molecule has 4 N–H and O–H groups in total. The summed E-state index contributed by atoms with van der Waals surface area (Å²) >= 11 is 4.77. The molecule has 0 aromatic heterocycles. The third-order valence-corrected chi connectivity index (χ3v) is 3.03. The number of urea groups is 1. The summed E-state index contributed by atoms with van der Waals surface area (Å²) in [5, 5.41) is 5.83. The molecule has 0 heterocycles. The van der Waals surface area contributed by atoms with Crippen LogP contribution in [0.25, 0.3) is 0 Å². The van der Waals surface area contributed by atoms with Crippen molar-refractivity contribution in [3.63, 3.8) is 0 Å². The zero-order valence-electron chi connectivity index (χ0n) is 9.63. The van der Waals surface area contributed by atoms with Crippen molar-refractivity contribution in [3.8, 4) is 0 Å². The van der Waals surface area contributed by atoms with Gasteiger partial charge in [-0.05, 0) is 32.1 Å². The summed E-state index contributed by atoms with van der Waals surface area (Å²) in [6.45, 7) is 0.696. The van der Waals surface area contributed by atoms with E-state index in [4.69, 9.17) is 18.0 Å². The molecule has 1 rings (SSSR count). The van der Waals surface area contributed by atoms with Crippen LogP contribution in [0.3, 0.4) is 0 Å². The van der Waals surface area contributed by atoms with E-state index in [0.717, 1.165) is 32.1 Å². The number of nitrogens with one attached hydrogen (secondary N) is 2. The molecule has 16 heavy (non-hydrogen) atoms. The molecular formula is C11H21N3OS. The Kier molecular flexibility index (Phi) is 6.15. The molecule has 2 amide bonds. The summed E-state index contributed by atoms with van der Waals surface area (Å²) in [5.74, 6) is 0. The molecule has 1 saturated carbocycles. The van der Waals surface area contributed by atoms with E-state index in [-0.39, 0.29) is 6.03 Å². The summed E-state index contributed by atoms with van der Waals surface area (Å²) in [5.41, 5.74) is 5.38. The lowest BCUT2D eigenvalue weighted by atomic mass is 10.2. The minimum Gasteiger partial charge on any atom is -0.393 e. The number of thiocarbonyl (C=S) groups is 1. The van der Waals surface area contributed by atoms with Crippen molar-refractivity contribution in [2.24, 2.45) is 5.73 Å². The molecular weight excluding hydrogens is 222 g/mol. The first-order valence-corrected chi connectivity index (χ1v) is 6.42. The molecule has 0 spiro atoms. The van der Waals surface area contributed by atoms with Gasteiger partial charge in [-0.15, -0.1) is 0 Å². The lowest BCUT2D eigenvalue weighted by Gasteiger charge is -2.12. The fourth-order valence-electron chi connectivity index (χ4n) is 1.93. The van der Waals surface area contributed by atoms with E-state index in [1.54, 1.807) is 0 Å². The van der Waals surface area contributed by atoms with E-state index >= 15 is 0 Å². The second kappa shape index (κ2) is 7.44.